The summed E-state index contributed by atoms with van der Waals surface area (Å²) in [6, 6.07) is 13.1. The summed E-state index contributed by atoms with van der Waals surface area (Å²) in [5.74, 6) is 1.19. The summed E-state index contributed by atoms with van der Waals surface area (Å²) >= 11 is 0. The van der Waals surface area contributed by atoms with Crippen molar-refractivity contribution in [1.82, 2.24) is 14.8 Å². The van der Waals surface area contributed by atoms with Gasteiger partial charge in [0.2, 0.25) is 5.95 Å². The third-order valence-corrected chi connectivity index (χ3v) is 6.72. The van der Waals surface area contributed by atoms with E-state index in [2.05, 4.69) is 15.4 Å². The Morgan fingerprint density at radius 3 is 2.59 bits per heavy atom. The van der Waals surface area contributed by atoms with Gasteiger partial charge in [-0.15, -0.1) is 5.10 Å². The quantitative estimate of drug-likeness (QED) is 0.246. The van der Waals surface area contributed by atoms with Crippen molar-refractivity contribution in [3.63, 3.8) is 0 Å². The van der Waals surface area contributed by atoms with Gasteiger partial charge in [0.1, 0.15) is 12.0 Å². The minimum Gasteiger partial charge on any atom is -0.482 e. The number of carbonyl (C=O) groups excluding carboxylic acids is 1. The van der Waals surface area contributed by atoms with Gasteiger partial charge in [0.15, 0.2) is 18.7 Å². The first-order valence-electron chi connectivity index (χ1n) is 13.3. The first-order chi connectivity index (χ1) is 19.1. The molecule has 2 aliphatic rings. The van der Waals surface area contributed by atoms with Gasteiger partial charge >= 0.3 is 5.97 Å². The van der Waals surface area contributed by atoms with Crippen molar-refractivity contribution in [2.75, 3.05) is 37.6 Å². The molecule has 2 aromatic carbocycles. The van der Waals surface area contributed by atoms with E-state index in [1.807, 2.05) is 35.0 Å². The monoisotopic (exact) mass is 534 g/mol. The molecule has 2 aliphatic heterocycles. The van der Waals surface area contributed by atoms with Gasteiger partial charge in [-0.2, -0.15) is 4.98 Å². The second-order valence-electron chi connectivity index (χ2n) is 9.48. The van der Waals surface area contributed by atoms with Crippen LogP contribution in [0.15, 0.2) is 42.5 Å². The predicted octanol–water partition coefficient (Wildman–Crippen LogP) is 4.88. The number of carbonyl (C=O) groups is 1. The molecule has 0 bridgehead atoms. The number of aromatic nitrogens is 3. The number of nitrogens with zero attached hydrogens (tertiary/aromatic N) is 3. The molecule has 3 N–H and O–H groups in total. The van der Waals surface area contributed by atoms with E-state index >= 15 is 0 Å². The van der Waals surface area contributed by atoms with Crippen molar-refractivity contribution in [3.8, 4) is 17.1 Å². The zero-order valence-corrected chi connectivity index (χ0v) is 22.0. The van der Waals surface area contributed by atoms with Gasteiger partial charge in [-0.05, 0) is 81.0 Å². The summed E-state index contributed by atoms with van der Waals surface area (Å²) in [5.41, 5.74) is 3.20. The second-order valence-corrected chi connectivity index (χ2v) is 9.48. The smallest absolute Gasteiger partial charge is 0.343 e. The molecule has 11 nitrogen and oxygen atoms in total. The Balaban J connectivity index is 1.36. The molecule has 0 radical (unpaired) electrons. The van der Waals surface area contributed by atoms with Crippen LogP contribution >= 0.6 is 0 Å². The van der Waals surface area contributed by atoms with Crippen molar-refractivity contribution in [2.24, 2.45) is 0 Å². The van der Waals surface area contributed by atoms with Gasteiger partial charge in [0, 0.05) is 41.9 Å². The zero-order valence-electron chi connectivity index (χ0n) is 22.0. The summed E-state index contributed by atoms with van der Waals surface area (Å²) in [6.07, 6.45) is 7.15. The Hall–Kier alpha value is -3.96. The molecule has 2 atom stereocenters. The molecule has 1 aromatic heterocycles. The zero-order chi connectivity index (χ0) is 27.0. The Morgan fingerprint density at radius 1 is 1.10 bits per heavy atom. The van der Waals surface area contributed by atoms with Gasteiger partial charge in [-0.1, -0.05) is 0 Å². The average Bonchev–Trinajstić information content (AvgIpc) is 3.41. The minimum absolute atomic E-state index is 0.0380. The second kappa shape index (κ2) is 12.7. The number of esters is 1. The van der Waals surface area contributed by atoms with E-state index in [1.165, 1.54) is 13.3 Å². The molecule has 0 amide bonds. The molecular formula is C28H34N6O5. The molecule has 206 valence electrons. The van der Waals surface area contributed by atoms with Gasteiger partial charge < -0.3 is 35.0 Å². The topological polar surface area (TPSA) is 133 Å². The molecule has 11 heteroatoms. The van der Waals surface area contributed by atoms with Crippen molar-refractivity contribution < 1.29 is 23.7 Å². The molecule has 39 heavy (non-hydrogen) atoms. The number of anilines is 3. The van der Waals surface area contributed by atoms with Crippen LogP contribution in [0.4, 0.5) is 17.3 Å². The van der Waals surface area contributed by atoms with Crippen molar-refractivity contribution in [3.05, 3.63) is 48.0 Å². The van der Waals surface area contributed by atoms with Crippen LogP contribution in [-0.4, -0.2) is 60.1 Å². The lowest BCUT2D eigenvalue weighted by molar-refractivity contribution is -0.142. The van der Waals surface area contributed by atoms with Crippen LogP contribution in [0.1, 0.15) is 50.3 Å². The third-order valence-electron chi connectivity index (χ3n) is 6.72. The molecule has 0 spiro atoms. The molecule has 5 rings (SSSR count). The SMILES string of the molecule is COC(=O)COc1ccc(-c2nc(Nc3ccc(NC4CCCCO4)c(C=N)c3)nn2C2CCCCO2)cc1. The van der Waals surface area contributed by atoms with E-state index < -0.39 is 5.97 Å². The highest BCUT2D eigenvalue weighted by Gasteiger charge is 2.23. The molecule has 2 unspecified atom stereocenters. The van der Waals surface area contributed by atoms with Crippen LogP contribution in [0.2, 0.25) is 0 Å². The lowest BCUT2D eigenvalue weighted by Gasteiger charge is -2.25. The molecular weight excluding hydrogens is 500 g/mol. The summed E-state index contributed by atoms with van der Waals surface area (Å²) in [7, 11) is 1.32. The molecule has 0 saturated carbocycles. The Labute approximate surface area is 227 Å². The van der Waals surface area contributed by atoms with Gasteiger partial charge in [-0.25, -0.2) is 9.48 Å². The number of nitrogens with one attached hydrogen (secondary N) is 3. The third kappa shape index (κ3) is 6.73. The van der Waals surface area contributed by atoms with Crippen LogP contribution in [-0.2, 0) is 19.0 Å². The van der Waals surface area contributed by atoms with E-state index in [4.69, 9.17) is 29.7 Å². The van der Waals surface area contributed by atoms with E-state index in [9.17, 15) is 4.79 Å². The van der Waals surface area contributed by atoms with Crippen molar-refractivity contribution >= 4 is 29.5 Å². The van der Waals surface area contributed by atoms with E-state index in [-0.39, 0.29) is 19.1 Å². The summed E-state index contributed by atoms with van der Waals surface area (Å²) in [4.78, 5) is 16.2. The standard InChI is InChI=1S/C28H34N6O5/c1-36-26(35)18-39-22-11-8-19(9-12-22)27-32-28(33-34(27)25-7-3-5-15-38-25)30-21-10-13-23(20(16-21)17-29)31-24-6-2-4-14-37-24/h8-13,16-17,24-25,29,31H,2-7,14-15,18H2,1H3,(H,30,33). The number of rotatable bonds is 10. The fourth-order valence-electron chi connectivity index (χ4n) is 4.64. The summed E-state index contributed by atoms with van der Waals surface area (Å²) in [5, 5.41) is 19.4. The molecule has 2 fully saturated rings. The highest BCUT2D eigenvalue weighted by molar-refractivity contribution is 5.88. The van der Waals surface area contributed by atoms with E-state index in [0.717, 1.165) is 67.6 Å². The van der Waals surface area contributed by atoms with Gasteiger partial charge in [0.05, 0.1) is 7.11 Å². The van der Waals surface area contributed by atoms with Crippen LogP contribution in [0, 0.1) is 5.41 Å². The Bertz CT molecular complexity index is 1270. The summed E-state index contributed by atoms with van der Waals surface area (Å²) in [6.45, 7) is 1.27. The lowest BCUT2D eigenvalue weighted by atomic mass is 10.1. The minimum atomic E-state index is -0.443. The van der Waals surface area contributed by atoms with Crippen LogP contribution in [0.5, 0.6) is 5.75 Å². The van der Waals surface area contributed by atoms with Crippen LogP contribution in [0.25, 0.3) is 11.4 Å². The number of hydrogen-bond donors (Lipinski definition) is 3. The van der Waals surface area contributed by atoms with Gasteiger partial charge in [-0.3, -0.25) is 0 Å². The number of ether oxygens (including phenoxy) is 4. The summed E-state index contributed by atoms with van der Waals surface area (Å²) < 4.78 is 23.7. The lowest BCUT2D eigenvalue weighted by Crippen LogP contribution is -2.27. The van der Waals surface area contributed by atoms with Crippen molar-refractivity contribution in [1.29, 1.82) is 5.41 Å². The largest absolute Gasteiger partial charge is 0.482 e. The predicted molar refractivity (Wildman–Crippen MR) is 147 cm³/mol. The van der Waals surface area contributed by atoms with Crippen LogP contribution in [0.3, 0.4) is 0 Å². The maximum absolute atomic E-state index is 11.4. The average molecular weight is 535 g/mol. The maximum Gasteiger partial charge on any atom is 0.343 e. The first kappa shape index (κ1) is 26.6. The molecule has 3 aromatic rings. The number of hydrogen-bond acceptors (Lipinski definition) is 10. The van der Waals surface area contributed by atoms with E-state index in [0.29, 0.717) is 24.1 Å². The Morgan fingerprint density at radius 2 is 1.90 bits per heavy atom. The van der Waals surface area contributed by atoms with Crippen molar-refractivity contribution in [2.45, 2.75) is 51.0 Å². The first-order valence-corrected chi connectivity index (χ1v) is 13.3. The molecule has 3 heterocycles. The number of methoxy groups -OCH3 is 1. The van der Waals surface area contributed by atoms with Crippen LogP contribution < -0.4 is 15.4 Å². The highest BCUT2D eigenvalue weighted by Crippen LogP contribution is 2.31. The fraction of sp³-hybridized carbons (Fsp3) is 0.429. The maximum atomic E-state index is 11.4. The normalized spacial score (nSPS) is 19.2. The molecule has 2 saturated heterocycles. The fourth-order valence-corrected chi connectivity index (χ4v) is 4.64. The Kier molecular flexibility index (Phi) is 8.69. The number of benzene rings is 2. The van der Waals surface area contributed by atoms with E-state index in [1.54, 1.807) is 12.1 Å². The highest BCUT2D eigenvalue weighted by atomic mass is 16.6. The van der Waals surface area contributed by atoms with Gasteiger partial charge in [0.25, 0.3) is 0 Å². The molecule has 0 aliphatic carbocycles.